The van der Waals surface area contributed by atoms with Crippen LogP contribution < -0.4 is 0 Å². The number of nitrogens with zero attached hydrogens (tertiary/aromatic N) is 4. The molecule has 0 N–H and O–H groups in total. The van der Waals surface area contributed by atoms with Crippen LogP contribution in [0.15, 0.2) is 47.8 Å². The lowest BCUT2D eigenvalue weighted by molar-refractivity contribution is 0.0209. The quantitative estimate of drug-likeness (QED) is 0.643. The van der Waals surface area contributed by atoms with Gasteiger partial charge in [-0.1, -0.05) is 36.4 Å². The number of hydrogen-bond donors (Lipinski definition) is 0. The minimum Gasteiger partial charge on any atom is -0.379 e. The molecule has 0 amide bonds. The van der Waals surface area contributed by atoms with E-state index in [2.05, 4.69) is 51.2 Å². The number of aromatic nitrogens is 3. The molecule has 5 nitrogen and oxygen atoms in total. The molecule has 0 radical (unpaired) electrons. The molecule has 1 saturated heterocycles. The lowest BCUT2D eigenvalue weighted by atomic mass is 10.2. The lowest BCUT2D eigenvalue weighted by Crippen LogP contribution is -2.37. The molecule has 3 heterocycles. The van der Waals surface area contributed by atoms with Crippen molar-refractivity contribution in [2.75, 3.05) is 26.3 Å². The second kappa shape index (κ2) is 7.61. The van der Waals surface area contributed by atoms with Crippen LogP contribution in [-0.2, 0) is 18.0 Å². The molecule has 4 rings (SSSR count). The van der Waals surface area contributed by atoms with Crippen molar-refractivity contribution >= 4 is 23.6 Å². The van der Waals surface area contributed by atoms with Crippen LogP contribution in [0, 0.1) is 4.77 Å². The van der Waals surface area contributed by atoms with Crippen LogP contribution >= 0.6 is 23.6 Å². The van der Waals surface area contributed by atoms with E-state index < -0.39 is 0 Å². The highest BCUT2D eigenvalue weighted by Crippen LogP contribution is 2.24. The summed E-state index contributed by atoms with van der Waals surface area (Å²) in [6.07, 6.45) is 0. The number of benzene rings is 1. The summed E-state index contributed by atoms with van der Waals surface area (Å²) in [5, 5.41) is 6.92. The van der Waals surface area contributed by atoms with Gasteiger partial charge in [-0.3, -0.25) is 9.47 Å². The van der Waals surface area contributed by atoms with E-state index in [1.165, 1.54) is 5.56 Å². The van der Waals surface area contributed by atoms with Crippen LogP contribution in [0.3, 0.4) is 0 Å². The molecule has 2 aromatic heterocycles. The predicted octanol–water partition coefficient (Wildman–Crippen LogP) is 3.48. The van der Waals surface area contributed by atoms with E-state index in [1.54, 1.807) is 11.3 Å². The smallest absolute Gasteiger partial charge is 0.199 e. The van der Waals surface area contributed by atoms with Gasteiger partial charge in [0.05, 0.1) is 31.3 Å². The molecule has 25 heavy (non-hydrogen) atoms. The molecule has 1 fully saturated rings. The van der Waals surface area contributed by atoms with Gasteiger partial charge in [-0.2, -0.15) is 0 Å². The Labute approximate surface area is 156 Å². The maximum Gasteiger partial charge on any atom is 0.199 e. The highest BCUT2D eigenvalue weighted by atomic mass is 32.1. The molecule has 0 unspecified atom stereocenters. The molecular weight excluding hydrogens is 352 g/mol. The molecule has 130 valence electrons. The highest BCUT2D eigenvalue weighted by molar-refractivity contribution is 7.71. The maximum absolute atomic E-state index is 5.76. The summed E-state index contributed by atoms with van der Waals surface area (Å²) in [5.74, 6) is 0.942. The van der Waals surface area contributed by atoms with E-state index >= 15 is 0 Å². The predicted molar refractivity (Wildman–Crippen MR) is 102 cm³/mol. The van der Waals surface area contributed by atoms with Gasteiger partial charge in [0.25, 0.3) is 0 Å². The Bertz CT molecular complexity index is 864. The minimum absolute atomic E-state index is 0.711. The number of morpholine rings is 1. The van der Waals surface area contributed by atoms with Gasteiger partial charge in [0, 0.05) is 13.1 Å². The van der Waals surface area contributed by atoms with Crippen molar-refractivity contribution < 1.29 is 4.74 Å². The summed E-state index contributed by atoms with van der Waals surface area (Å²) in [4.78, 5) is 3.47. The Morgan fingerprint density at radius 2 is 1.88 bits per heavy atom. The van der Waals surface area contributed by atoms with Crippen LogP contribution in [-0.4, -0.2) is 45.6 Å². The number of thiophene rings is 1. The standard InChI is InChI=1S/C18H20N4OS2/c24-18-21(13-15-5-2-1-3-6-15)17(16-7-4-12-25-16)19-22(18)14-20-8-10-23-11-9-20/h1-7,12H,8-11,13-14H2. The van der Waals surface area contributed by atoms with E-state index in [0.717, 1.165) is 48.3 Å². The second-order valence-corrected chi connectivity index (χ2v) is 7.34. The van der Waals surface area contributed by atoms with Crippen molar-refractivity contribution in [3.63, 3.8) is 0 Å². The zero-order valence-electron chi connectivity index (χ0n) is 13.9. The van der Waals surface area contributed by atoms with Gasteiger partial charge < -0.3 is 4.74 Å². The van der Waals surface area contributed by atoms with Gasteiger partial charge in [-0.05, 0) is 29.2 Å². The monoisotopic (exact) mass is 372 g/mol. The molecule has 7 heteroatoms. The van der Waals surface area contributed by atoms with Gasteiger partial charge >= 0.3 is 0 Å². The van der Waals surface area contributed by atoms with Crippen molar-refractivity contribution in [3.8, 4) is 10.7 Å². The third-order valence-corrected chi connectivity index (χ3v) is 5.58. The fourth-order valence-corrected chi connectivity index (χ4v) is 3.93. The van der Waals surface area contributed by atoms with Gasteiger partial charge in [-0.15, -0.1) is 16.4 Å². The van der Waals surface area contributed by atoms with E-state index in [1.807, 2.05) is 10.7 Å². The highest BCUT2D eigenvalue weighted by Gasteiger charge is 2.17. The number of rotatable bonds is 5. The molecule has 1 aliphatic heterocycles. The van der Waals surface area contributed by atoms with Crippen LogP contribution in [0.5, 0.6) is 0 Å². The number of hydrogen-bond acceptors (Lipinski definition) is 5. The first kappa shape index (κ1) is 16.7. The first-order valence-electron chi connectivity index (χ1n) is 8.37. The largest absolute Gasteiger partial charge is 0.379 e. The third kappa shape index (κ3) is 3.74. The van der Waals surface area contributed by atoms with E-state index in [0.29, 0.717) is 6.67 Å². The summed E-state index contributed by atoms with van der Waals surface area (Å²) in [7, 11) is 0. The topological polar surface area (TPSA) is 35.2 Å². The Morgan fingerprint density at radius 1 is 1.08 bits per heavy atom. The Morgan fingerprint density at radius 3 is 2.60 bits per heavy atom. The fraction of sp³-hybridized carbons (Fsp3) is 0.333. The zero-order chi connectivity index (χ0) is 17.1. The molecule has 1 aromatic carbocycles. The molecular formula is C18H20N4OS2. The van der Waals surface area contributed by atoms with Crippen molar-refractivity contribution in [1.82, 2.24) is 19.2 Å². The first-order chi connectivity index (χ1) is 12.3. The molecule has 0 bridgehead atoms. The van der Waals surface area contributed by atoms with E-state index in [-0.39, 0.29) is 0 Å². The van der Waals surface area contributed by atoms with Crippen molar-refractivity contribution in [2.24, 2.45) is 0 Å². The van der Waals surface area contributed by atoms with Crippen LogP contribution in [0.4, 0.5) is 0 Å². The molecule has 0 aliphatic carbocycles. The van der Waals surface area contributed by atoms with Crippen molar-refractivity contribution in [3.05, 3.63) is 58.2 Å². The number of ether oxygens (including phenoxy) is 1. The summed E-state index contributed by atoms with van der Waals surface area (Å²) >= 11 is 7.46. The fourth-order valence-electron chi connectivity index (χ4n) is 2.96. The summed E-state index contributed by atoms with van der Waals surface area (Å²) in [6, 6.07) is 14.5. The summed E-state index contributed by atoms with van der Waals surface area (Å²) in [6.45, 7) is 4.83. The average Bonchev–Trinajstić information content (AvgIpc) is 3.28. The van der Waals surface area contributed by atoms with Crippen LogP contribution in [0.25, 0.3) is 10.7 Å². The van der Waals surface area contributed by atoms with Gasteiger partial charge in [0.15, 0.2) is 10.6 Å². The van der Waals surface area contributed by atoms with Crippen molar-refractivity contribution in [1.29, 1.82) is 0 Å². The zero-order valence-corrected chi connectivity index (χ0v) is 15.5. The normalized spacial score (nSPS) is 15.5. The lowest BCUT2D eigenvalue weighted by Gasteiger charge is -2.26. The van der Waals surface area contributed by atoms with Gasteiger partial charge in [-0.25, -0.2) is 4.68 Å². The molecule has 0 spiro atoms. The Balaban J connectivity index is 1.69. The maximum atomic E-state index is 5.76. The van der Waals surface area contributed by atoms with Crippen LogP contribution in [0.2, 0.25) is 0 Å². The van der Waals surface area contributed by atoms with Crippen LogP contribution in [0.1, 0.15) is 5.56 Å². The van der Waals surface area contributed by atoms with E-state index in [9.17, 15) is 0 Å². The second-order valence-electron chi connectivity index (χ2n) is 6.03. The molecule has 1 aliphatic rings. The van der Waals surface area contributed by atoms with Crippen molar-refractivity contribution in [2.45, 2.75) is 13.2 Å². The summed E-state index contributed by atoms with van der Waals surface area (Å²) in [5.41, 5.74) is 1.22. The van der Waals surface area contributed by atoms with E-state index in [4.69, 9.17) is 22.1 Å². The Kier molecular flexibility index (Phi) is 5.07. The summed E-state index contributed by atoms with van der Waals surface area (Å²) < 4.78 is 10.3. The first-order valence-corrected chi connectivity index (χ1v) is 9.65. The van der Waals surface area contributed by atoms with Gasteiger partial charge in [0.2, 0.25) is 0 Å². The third-order valence-electron chi connectivity index (χ3n) is 4.29. The SMILES string of the molecule is S=c1n(CN2CCOCC2)nc(-c2cccs2)n1Cc1ccccc1. The van der Waals surface area contributed by atoms with Gasteiger partial charge in [0.1, 0.15) is 0 Å². The molecule has 0 atom stereocenters. The Hall–Kier alpha value is -1.80. The molecule has 0 saturated carbocycles. The molecule has 3 aromatic rings. The average molecular weight is 373 g/mol. The minimum atomic E-state index is 0.711.